The van der Waals surface area contributed by atoms with Gasteiger partial charge in [-0.1, -0.05) is 36.4 Å². The summed E-state index contributed by atoms with van der Waals surface area (Å²) in [6.07, 6.45) is 7.69. The van der Waals surface area contributed by atoms with E-state index in [0.717, 1.165) is 22.4 Å². The van der Waals surface area contributed by atoms with Gasteiger partial charge in [-0.05, 0) is 53.1 Å². The standard InChI is InChI=1S/C20H17NO2/c22-19-7-9-20(10-8-19)23-15-18-5-3-16(4-6-18)1-2-17-11-13-21-14-12-17/h1-14,22H,15H2/b2-1+. The zero-order valence-corrected chi connectivity index (χ0v) is 12.6. The Bertz CT molecular complexity index is 763. The van der Waals surface area contributed by atoms with Crippen LogP contribution in [0.4, 0.5) is 0 Å². The van der Waals surface area contributed by atoms with Gasteiger partial charge in [-0.25, -0.2) is 0 Å². The largest absolute Gasteiger partial charge is 0.508 e. The zero-order valence-electron chi connectivity index (χ0n) is 12.6. The maximum Gasteiger partial charge on any atom is 0.120 e. The van der Waals surface area contributed by atoms with Gasteiger partial charge in [0.15, 0.2) is 0 Å². The Morgan fingerprint density at radius 2 is 1.39 bits per heavy atom. The molecule has 0 saturated heterocycles. The van der Waals surface area contributed by atoms with Crippen LogP contribution in [-0.4, -0.2) is 10.1 Å². The number of hydrogen-bond acceptors (Lipinski definition) is 3. The highest BCUT2D eigenvalue weighted by atomic mass is 16.5. The summed E-state index contributed by atoms with van der Waals surface area (Å²) >= 11 is 0. The molecule has 0 amide bonds. The first-order valence-corrected chi connectivity index (χ1v) is 7.38. The summed E-state index contributed by atoms with van der Waals surface area (Å²) in [6.45, 7) is 0.499. The lowest BCUT2D eigenvalue weighted by atomic mass is 10.1. The Balaban J connectivity index is 1.58. The molecule has 0 aliphatic heterocycles. The van der Waals surface area contributed by atoms with Gasteiger partial charge in [0.1, 0.15) is 18.1 Å². The summed E-state index contributed by atoms with van der Waals surface area (Å²) in [6, 6.07) is 18.9. The molecule has 1 aromatic heterocycles. The summed E-state index contributed by atoms with van der Waals surface area (Å²) in [5.41, 5.74) is 3.36. The number of benzene rings is 2. The number of nitrogens with zero attached hydrogens (tertiary/aromatic N) is 1. The number of aromatic hydroxyl groups is 1. The highest BCUT2D eigenvalue weighted by Gasteiger charge is 1.97. The molecule has 0 radical (unpaired) electrons. The van der Waals surface area contributed by atoms with Gasteiger partial charge in [0.05, 0.1) is 0 Å². The molecule has 0 spiro atoms. The molecule has 0 atom stereocenters. The fourth-order valence-electron chi connectivity index (χ4n) is 2.10. The summed E-state index contributed by atoms with van der Waals surface area (Å²) in [7, 11) is 0. The van der Waals surface area contributed by atoms with Crippen molar-refractivity contribution in [3.63, 3.8) is 0 Å². The maximum absolute atomic E-state index is 9.24. The number of aromatic nitrogens is 1. The number of hydrogen-bond donors (Lipinski definition) is 1. The van der Waals surface area contributed by atoms with Gasteiger partial charge < -0.3 is 9.84 Å². The number of phenols is 1. The molecule has 1 heterocycles. The molecular weight excluding hydrogens is 286 g/mol. The lowest BCUT2D eigenvalue weighted by Gasteiger charge is -2.06. The molecule has 2 aromatic carbocycles. The lowest BCUT2D eigenvalue weighted by Crippen LogP contribution is -1.94. The van der Waals surface area contributed by atoms with E-state index in [1.807, 2.05) is 24.3 Å². The van der Waals surface area contributed by atoms with Crippen molar-refractivity contribution in [1.82, 2.24) is 4.98 Å². The van der Waals surface area contributed by atoms with Crippen LogP contribution in [0.5, 0.6) is 11.5 Å². The van der Waals surface area contributed by atoms with E-state index in [1.165, 1.54) is 0 Å². The molecule has 3 nitrogen and oxygen atoms in total. The van der Waals surface area contributed by atoms with Crippen molar-refractivity contribution in [2.75, 3.05) is 0 Å². The Labute approximate surface area is 135 Å². The minimum absolute atomic E-state index is 0.239. The minimum Gasteiger partial charge on any atom is -0.508 e. The van der Waals surface area contributed by atoms with Crippen LogP contribution in [0.2, 0.25) is 0 Å². The van der Waals surface area contributed by atoms with Gasteiger partial charge in [0, 0.05) is 12.4 Å². The molecule has 23 heavy (non-hydrogen) atoms. The Kier molecular flexibility index (Phi) is 4.69. The maximum atomic E-state index is 9.24. The van der Waals surface area contributed by atoms with Crippen molar-refractivity contribution >= 4 is 12.2 Å². The van der Waals surface area contributed by atoms with E-state index < -0.39 is 0 Å². The second-order valence-corrected chi connectivity index (χ2v) is 5.14. The van der Waals surface area contributed by atoms with Gasteiger partial charge in [0.2, 0.25) is 0 Å². The fourth-order valence-corrected chi connectivity index (χ4v) is 2.10. The van der Waals surface area contributed by atoms with Gasteiger partial charge in [-0.15, -0.1) is 0 Å². The lowest BCUT2D eigenvalue weighted by molar-refractivity contribution is 0.305. The Hall–Kier alpha value is -3.07. The van der Waals surface area contributed by atoms with Gasteiger partial charge in [0.25, 0.3) is 0 Å². The van der Waals surface area contributed by atoms with Gasteiger partial charge in [-0.3, -0.25) is 4.98 Å². The second-order valence-electron chi connectivity index (χ2n) is 5.14. The van der Waals surface area contributed by atoms with Gasteiger partial charge >= 0.3 is 0 Å². The average molecular weight is 303 g/mol. The number of rotatable bonds is 5. The molecule has 0 aliphatic carbocycles. The summed E-state index contributed by atoms with van der Waals surface area (Å²) < 4.78 is 5.68. The molecule has 0 saturated carbocycles. The Morgan fingerprint density at radius 3 is 2.04 bits per heavy atom. The van der Waals surface area contributed by atoms with Crippen LogP contribution >= 0.6 is 0 Å². The van der Waals surface area contributed by atoms with Crippen LogP contribution in [0.15, 0.2) is 73.1 Å². The fraction of sp³-hybridized carbons (Fsp3) is 0.0500. The van der Waals surface area contributed by atoms with Crippen LogP contribution in [-0.2, 0) is 6.61 Å². The van der Waals surface area contributed by atoms with E-state index in [1.54, 1.807) is 36.7 Å². The highest BCUT2D eigenvalue weighted by Crippen LogP contribution is 2.17. The summed E-state index contributed by atoms with van der Waals surface area (Å²) in [5, 5.41) is 9.24. The molecule has 114 valence electrons. The second kappa shape index (κ2) is 7.27. The van der Waals surface area contributed by atoms with Crippen LogP contribution in [0.25, 0.3) is 12.2 Å². The predicted molar refractivity (Wildman–Crippen MR) is 92.0 cm³/mol. The van der Waals surface area contributed by atoms with E-state index in [-0.39, 0.29) is 5.75 Å². The third-order valence-corrected chi connectivity index (χ3v) is 3.40. The molecule has 3 rings (SSSR count). The van der Waals surface area contributed by atoms with E-state index >= 15 is 0 Å². The van der Waals surface area contributed by atoms with E-state index in [0.29, 0.717) is 6.61 Å². The Morgan fingerprint density at radius 1 is 0.783 bits per heavy atom. The molecule has 0 fully saturated rings. The third kappa shape index (κ3) is 4.45. The van der Waals surface area contributed by atoms with E-state index in [4.69, 9.17) is 4.74 Å². The molecule has 0 unspecified atom stereocenters. The normalized spacial score (nSPS) is 10.8. The predicted octanol–water partition coefficient (Wildman–Crippen LogP) is 4.54. The summed E-state index contributed by atoms with van der Waals surface area (Å²) in [5.74, 6) is 0.979. The van der Waals surface area contributed by atoms with Crippen molar-refractivity contribution < 1.29 is 9.84 Å². The van der Waals surface area contributed by atoms with Gasteiger partial charge in [-0.2, -0.15) is 0 Å². The van der Waals surface area contributed by atoms with Crippen molar-refractivity contribution in [1.29, 1.82) is 0 Å². The van der Waals surface area contributed by atoms with Crippen LogP contribution in [0.3, 0.4) is 0 Å². The third-order valence-electron chi connectivity index (χ3n) is 3.40. The van der Waals surface area contributed by atoms with Crippen molar-refractivity contribution in [2.24, 2.45) is 0 Å². The van der Waals surface area contributed by atoms with Crippen LogP contribution < -0.4 is 4.74 Å². The topological polar surface area (TPSA) is 42.4 Å². The van der Waals surface area contributed by atoms with Crippen LogP contribution in [0.1, 0.15) is 16.7 Å². The summed E-state index contributed by atoms with van der Waals surface area (Å²) in [4.78, 5) is 4.00. The molecule has 3 heteroatoms. The van der Waals surface area contributed by atoms with E-state index in [2.05, 4.69) is 29.3 Å². The molecule has 1 N–H and O–H groups in total. The first kappa shape index (κ1) is 14.9. The SMILES string of the molecule is Oc1ccc(OCc2ccc(/C=C/c3ccncc3)cc2)cc1. The molecule has 3 aromatic rings. The van der Waals surface area contributed by atoms with E-state index in [9.17, 15) is 5.11 Å². The molecule has 0 bridgehead atoms. The van der Waals surface area contributed by atoms with Crippen molar-refractivity contribution in [3.8, 4) is 11.5 Å². The first-order chi connectivity index (χ1) is 11.3. The minimum atomic E-state index is 0.239. The van der Waals surface area contributed by atoms with Crippen molar-refractivity contribution in [2.45, 2.75) is 6.61 Å². The first-order valence-electron chi connectivity index (χ1n) is 7.38. The average Bonchev–Trinajstić information content (AvgIpc) is 2.61. The monoisotopic (exact) mass is 303 g/mol. The van der Waals surface area contributed by atoms with Crippen LogP contribution in [0, 0.1) is 0 Å². The zero-order chi connectivity index (χ0) is 15.9. The molecular formula is C20H17NO2. The van der Waals surface area contributed by atoms with Crippen molar-refractivity contribution in [3.05, 3.63) is 89.7 Å². The smallest absolute Gasteiger partial charge is 0.120 e. The quantitative estimate of drug-likeness (QED) is 0.752. The number of ether oxygens (including phenoxy) is 1. The highest BCUT2D eigenvalue weighted by molar-refractivity contribution is 5.69. The number of pyridine rings is 1. The number of phenolic OH excluding ortho intramolecular Hbond substituents is 1. The molecule has 0 aliphatic rings.